The van der Waals surface area contributed by atoms with Gasteiger partial charge in [-0.2, -0.15) is 8.78 Å². The van der Waals surface area contributed by atoms with Gasteiger partial charge in [-0.3, -0.25) is 14.4 Å². The fraction of sp³-hybridized carbons (Fsp3) is 0.375. The number of amides is 3. The van der Waals surface area contributed by atoms with Crippen molar-refractivity contribution in [2.24, 2.45) is 0 Å². The lowest BCUT2D eigenvalue weighted by molar-refractivity contribution is -0.120. The molecule has 0 unspecified atom stereocenters. The average Bonchev–Trinajstić information content (AvgIpc) is 2.86. The van der Waals surface area contributed by atoms with Crippen LogP contribution < -0.4 is 20.1 Å². The van der Waals surface area contributed by atoms with Crippen LogP contribution in [0.15, 0.2) is 42.5 Å². The van der Waals surface area contributed by atoms with Crippen LogP contribution >= 0.6 is 0 Å². The lowest BCUT2D eigenvalue weighted by Gasteiger charge is -2.32. The minimum absolute atomic E-state index is 0.0122. The second kappa shape index (κ2) is 12.1. The van der Waals surface area contributed by atoms with Gasteiger partial charge in [0.25, 0.3) is 11.8 Å². The summed E-state index contributed by atoms with van der Waals surface area (Å²) in [5, 5.41) is 5.15. The Balaban J connectivity index is 1.45. The Bertz CT molecular complexity index is 1040. The van der Waals surface area contributed by atoms with E-state index in [9.17, 15) is 23.2 Å². The largest absolute Gasteiger partial charge is 0.493 e. The zero-order valence-corrected chi connectivity index (χ0v) is 19.6. The third-order valence-electron chi connectivity index (χ3n) is 5.53. The van der Waals surface area contributed by atoms with Crippen LogP contribution in [0.25, 0.3) is 0 Å². The Hall–Kier alpha value is -3.73. The average molecular weight is 491 g/mol. The van der Waals surface area contributed by atoms with E-state index in [0.717, 1.165) is 18.7 Å². The fourth-order valence-corrected chi connectivity index (χ4v) is 3.49. The summed E-state index contributed by atoms with van der Waals surface area (Å²) in [5.74, 6) is -1.23. The van der Waals surface area contributed by atoms with E-state index in [1.54, 1.807) is 24.3 Å². The summed E-state index contributed by atoms with van der Waals surface area (Å²) in [6, 6.07) is 10.7. The van der Waals surface area contributed by atoms with Gasteiger partial charge in [0.1, 0.15) is 0 Å². The highest BCUT2D eigenvalue weighted by Gasteiger charge is 2.20. The first-order valence-electron chi connectivity index (χ1n) is 11.0. The van der Waals surface area contributed by atoms with Crippen LogP contribution in [-0.2, 0) is 11.3 Å². The van der Waals surface area contributed by atoms with Crippen molar-refractivity contribution in [1.82, 2.24) is 20.4 Å². The first-order valence-corrected chi connectivity index (χ1v) is 11.0. The molecular formula is C24H28F2N4O5. The zero-order chi connectivity index (χ0) is 25.4. The fourth-order valence-electron chi connectivity index (χ4n) is 3.49. The van der Waals surface area contributed by atoms with E-state index >= 15 is 0 Å². The van der Waals surface area contributed by atoms with E-state index in [1.807, 2.05) is 11.9 Å². The standard InChI is InChI=1S/C24H28F2N4O5/c1-29-9-11-30(12-10-29)23(33)17-5-3-16(4-6-17)14-27-21(31)15-28-22(32)18-7-8-19(35-24(25)26)20(13-18)34-2/h3-8,13,24H,9-12,14-15H2,1-2H3,(H,27,31)(H,28,32). The quantitative estimate of drug-likeness (QED) is 0.556. The maximum absolute atomic E-state index is 12.6. The van der Waals surface area contributed by atoms with Gasteiger partial charge in [-0.05, 0) is 42.9 Å². The van der Waals surface area contributed by atoms with Crippen molar-refractivity contribution in [2.75, 3.05) is 46.9 Å². The number of nitrogens with zero attached hydrogens (tertiary/aromatic N) is 2. The van der Waals surface area contributed by atoms with Crippen molar-refractivity contribution in [3.05, 3.63) is 59.2 Å². The molecule has 9 nitrogen and oxygen atoms in total. The predicted molar refractivity (Wildman–Crippen MR) is 124 cm³/mol. The monoisotopic (exact) mass is 490 g/mol. The summed E-state index contributed by atoms with van der Waals surface area (Å²) in [7, 11) is 3.29. The number of piperazine rings is 1. The van der Waals surface area contributed by atoms with Gasteiger partial charge in [0, 0.05) is 43.9 Å². The number of nitrogens with one attached hydrogen (secondary N) is 2. The number of hydrogen-bond acceptors (Lipinski definition) is 6. The molecule has 1 fully saturated rings. The van der Waals surface area contributed by atoms with Crippen LogP contribution in [0.5, 0.6) is 11.5 Å². The molecule has 11 heteroatoms. The van der Waals surface area contributed by atoms with Gasteiger partial charge in [0.15, 0.2) is 11.5 Å². The Morgan fingerprint density at radius 3 is 2.23 bits per heavy atom. The maximum atomic E-state index is 12.6. The van der Waals surface area contributed by atoms with Crippen molar-refractivity contribution in [1.29, 1.82) is 0 Å². The van der Waals surface area contributed by atoms with Gasteiger partial charge in [0.05, 0.1) is 13.7 Å². The van der Waals surface area contributed by atoms with Gasteiger partial charge in [0.2, 0.25) is 5.91 Å². The number of hydrogen-bond donors (Lipinski definition) is 2. The van der Waals surface area contributed by atoms with Gasteiger partial charge >= 0.3 is 6.61 Å². The van der Waals surface area contributed by atoms with Crippen LogP contribution in [0.2, 0.25) is 0 Å². The SMILES string of the molecule is COc1cc(C(=O)NCC(=O)NCc2ccc(C(=O)N3CCN(C)CC3)cc2)ccc1OC(F)F. The Kier molecular flexibility index (Phi) is 8.96. The molecule has 0 aromatic heterocycles. The van der Waals surface area contributed by atoms with Crippen LogP contribution in [0.4, 0.5) is 8.78 Å². The number of ether oxygens (including phenoxy) is 2. The van der Waals surface area contributed by atoms with Gasteiger partial charge in [-0.25, -0.2) is 0 Å². The molecule has 1 aliphatic rings. The third-order valence-corrected chi connectivity index (χ3v) is 5.53. The molecule has 0 aliphatic carbocycles. The third kappa shape index (κ3) is 7.38. The molecule has 35 heavy (non-hydrogen) atoms. The van der Waals surface area contributed by atoms with Crippen LogP contribution in [0.1, 0.15) is 26.3 Å². The van der Waals surface area contributed by atoms with E-state index in [1.165, 1.54) is 25.3 Å². The highest BCUT2D eigenvalue weighted by molar-refractivity contribution is 5.97. The lowest BCUT2D eigenvalue weighted by Crippen LogP contribution is -2.47. The van der Waals surface area contributed by atoms with E-state index < -0.39 is 18.4 Å². The van der Waals surface area contributed by atoms with Gasteiger partial charge in [-0.15, -0.1) is 0 Å². The van der Waals surface area contributed by atoms with Crippen LogP contribution in [-0.4, -0.2) is 81.0 Å². The molecule has 1 heterocycles. The minimum atomic E-state index is -3.03. The molecule has 2 N–H and O–H groups in total. The Morgan fingerprint density at radius 1 is 0.943 bits per heavy atom. The Labute approximate surface area is 202 Å². The highest BCUT2D eigenvalue weighted by atomic mass is 19.3. The molecule has 3 amide bonds. The first kappa shape index (κ1) is 25.9. The number of carbonyl (C=O) groups is 3. The van der Waals surface area contributed by atoms with Gasteiger partial charge in [-0.1, -0.05) is 12.1 Å². The molecule has 1 aliphatic heterocycles. The summed E-state index contributed by atoms with van der Waals surface area (Å²) in [6.45, 7) is -0.00227. The minimum Gasteiger partial charge on any atom is -0.493 e. The molecule has 0 radical (unpaired) electrons. The second-order valence-corrected chi connectivity index (χ2v) is 8.00. The summed E-state index contributed by atoms with van der Waals surface area (Å²) < 4.78 is 34.1. The number of carbonyl (C=O) groups excluding carboxylic acids is 3. The number of benzene rings is 2. The molecule has 0 atom stereocenters. The van der Waals surface area contributed by atoms with E-state index in [0.29, 0.717) is 18.7 Å². The molecular weight excluding hydrogens is 462 g/mol. The first-order chi connectivity index (χ1) is 16.8. The maximum Gasteiger partial charge on any atom is 0.387 e. The molecule has 2 aromatic rings. The molecule has 3 rings (SSSR count). The summed E-state index contributed by atoms with van der Waals surface area (Å²) in [4.78, 5) is 41.1. The van der Waals surface area contributed by atoms with Crippen molar-refractivity contribution in [2.45, 2.75) is 13.2 Å². The smallest absolute Gasteiger partial charge is 0.387 e. The molecule has 0 saturated carbocycles. The molecule has 188 valence electrons. The van der Waals surface area contributed by atoms with E-state index in [2.05, 4.69) is 20.3 Å². The highest BCUT2D eigenvalue weighted by Crippen LogP contribution is 2.29. The zero-order valence-electron chi connectivity index (χ0n) is 19.6. The predicted octanol–water partition coefficient (Wildman–Crippen LogP) is 1.73. The van der Waals surface area contributed by atoms with E-state index in [4.69, 9.17) is 4.74 Å². The number of halogens is 2. The summed E-state index contributed by atoms with van der Waals surface area (Å²) >= 11 is 0. The van der Waals surface area contributed by atoms with Crippen LogP contribution in [0.3, 0.4) is 0 Å². The summed E-state index contributed by atoms with van der Waals surface area (Å²) in [6.07, 6.45) is 0. The molecule has 0 bridgehead atoms. The van der Waals surface area contributed by atoms with Crippen molar-refractivity contribution < 1.29 is 32.6 Å². The molecule has 1 saturated heterocycles. The van der Waals surface area contributed by atoms with Crippen molar-refractivity contribution in [3.63, 3.8) is 0 Å². The van der Waals surface area contributed by atoms with Gasteiger partial charge < -0.3 is 29.9 Å². The topological polar surface area (TPSA) is 100 Å². The normalized spacial score (nSPS) is 13.9. The van der Waals surface area contributed by atoms with Crippen LogP contribution in [0, 0.1) is 0 Å². The number of methoxy groups -OCH3 is 1. The number of rotatable bonds is 9. The lowest BCUT2D eigenvalue weighted by atomic mass is 10.1. The second-order valence-electron chi connectivity index (χ2n) is 8.00. The number of alkyl halides is 2. The van der Waals surface area contributed by atoms with Crippen molar-refractivity contribution >= 4 is 17.7 Å². The summed E-state index contributed by atoms with van der Waals surface area (Å²) in [5.41, 5.74) is 1.52. The molecule has 2 aromatic carbocycles. The van der Waals surface area contributed by atoms with Crippen molar-refractivity contribution in [3.8, 4) is 11.5 Å². The Morgan fingerprint density at radius 2 is 1.60 bits per heavy atom. The molecule has 0 spiro atoms. The number of likely N-dealkylation sites (N-methyl/N-ethyl adjacent to an activating group) is 1. The van der Waals surface area contributed by atoms with E-state index in [-0.39, 0.29) is 36.1 Å².